The average Bonchev–Trinajstić information content (AvgIpc) is 2.71. The van der Waals surface area contributed by atoms with Crippen LogP contribution in [0.2, 0.25) is 0 Å². The molecule has 6 nitrogen and oxygen atoms in total. The number of carbonyl (C=O) groups is 2. The summed E-state index contributed by atoms with van der Waals surface area (Å²) >= 11 is 0. The number of amides is 2. The first-order valence-electron chi connectivity index (χ1n) is 10.2. The summed E-state index contributed by atoms with van der Waals surface area (Å²) in [5.74, 6) is 1.74. The molecule has 2 aromatic carbocycles. The SMILES string of the molecule is COc1cccc(NC(=O)COc2ccc(C(=O)N(CC(C)C)CC(C)C)cc2)c1. The monoisotopic (exact) mass is 412 g/mol. The van der Waals surface area contributed by atoms with Crippen molar-refractivity contribution in [1.82, 2.24) is 4.90 Å². The third kappa shape index (κ3) is 7.43. The molecule has 162 valence electrons. The highest BCUT2D eigenvalue weighted by molar-refractivity contribution is 5.94. The Hall–Kier alpha value is -3.02. The molecule has 0 saturated heterocycles. The molecule has 0 atom stereocenters. The van der Waals surface area contributed by atoms with E-state index in [0.29, 0.717) is 34.6 Å². The lowest BCUT2D eigenvalue weighted by molar-refractivity contribution is -0.118. The summed E-state index contributed by atoms with van der Waals surface area (Å²) in [7, 11) is 1.57. The van der Waals surface area contributed by atoms with E-state index in [1.807, 2.05) is 4.90 Å². The number of hydrogen-bond acceptors (Lipinski definition) is 4. The minimum atomic E-state index is -0.275. The molecule has 0 aliphatic heterocycles. The molecule has 0 aromatic heterocycles. The standard InChI is InChI=1S/C24H32N2O4/c1-17(2)14-26(15-18(3)4)24(28)19-9-11-21(12-10-19)30-16-23(27)25-20-7-6-8-22(13-20)29-5/h6-13,17-18H,14-16H2,1-5H3,(H,25,27). The smallest absolute Gasteiger partial charge is 0.262 e. The Kier molecular flexibility index (Phi) is 8.71. The number of rotatable bonds is 10. The van der Waals surface area contributed by atoms with Crippen LogP contribution in [0.15, 0.2) is 48.5 Å². The third-order valence-electron chi connectivity index (χ3n) is 4.28. The fraction of sp³-hybridized carbons (Fsp3) is 0.417. The summed E-state index contributed by atoms with van der Waals surface area (Å²) < 4.78 is 10.7. The van der Waals surface area contributed by atoms with Gasteiger partial charge in [0.1, 0.15) is 11.5 Å². The lowest BCUT2D eigenvalue weighted by Gasteiger charge is -2.26. The van der Waals surface area contributed by atoms with E-state index in [-0.39, 0.29) is 18.4 Å². The van der Waals surface area contributed by atoms with Crippen molar-refractivity contribution in [3.8, 4) is 11.5 Å². The van der Waals surface area contributed by atoms with Gasteiger partial charge in [0.2, 0.25) is 0 Å². The van der Waals surface area contributed by atoms with Crippen LogP contribution in [-0.2, 0) is 4.79 Å². The van der Waals surface area contributed by atoms with Gasteiger partial charge in [0, 0.05) is 30.4 Å². The molecule has 0 bridgehead atoms. The van der Waals surface area contributed by atoms with Crippen LogP contribution < -0.4 is 14.8 Å². The van der Waals surface area contributed by atoms with Crippen LogP contribution in [0.3, 0.4) is 0 Å². The van der Waals surface area contributed by atoms with E-state index in [9.17, 15) is 9.59 Å². The summed E-state index contributed by atoms with van der Waals surface area (Å²) in [5.41, 5.74) is 1.25. The molecule has 6 heteroatoms. The summed E-state index contributed by atoms with van der Waals surface area (Å²) in [6, 6.07) is 14.0. The van der Waals surface area contributed by atoms with E-state index in [1.54, 1.807) is 55.6 Å². The number of ether oxygens (including phenoxy) is 2. The van der Waals surface area contributed by atoms with Gasteiger partial charge in [0.25, 0.3) is 11.8 Å². The van der Waals surface area contributed by atoms with Gasteiger partial charge in [-0.3, -0.25) is 9.59 Å². The molecule has 0 aliphatic rings. The number of nitrogens with one attached hydrogen (secondary N) is 1. The minimum absolute atomic E-state index is 0.0136. The molecule has 0 unspecified atom stereocenters. The largest absolute Gasteiger partial charge is 0.497 e. The van der Waals surface area contributed by atoms with Gasteiger partial charge in [0.05, 0.1) is 7.11 Å². The average molecular weight is 413 g/mol. The number of hydrogen-bond donors (Lipinski definition) is 1. The summed E-state index contributed by atoms with van der Waals surface area (Å²) in [5, 5.41) is 2.76. The van der Waals surface area contributed by atoms with Gasteiger partial charge < -0.3 is 19.7 Å². The van der Waals surface area contributed by atoms with Gasteiger partial charge in [-0.1, -0.05) is 33.8 Å². The molecule has 2 rings (SSSR count). The molecule has 0 saturated carbocycles. The molecule has 0 spiro atoms. The molecular formula is C24H32N2O4. The maximum absolute atomic E-state index is 12.9. The first-order valence-corrected chi connectivity index (χ1v) is 10.2. The normalized spacial score (nSPS) is 10.8. The van der Waals surface area contributed by atoms with Crippen molar-refractivity contribution in [3.05, 3.63) is 54.1 Å². The van der Waals surface area contributed by atoms with Crippen molar-refractivity contribution >= 4 is 17.5 Å². The van der Waals surface area contributed by atoms with Crippen LogP contribution in [0.25, 0.3) is 0 Å². The van der Waals surface area contributed by atoms with Crippen LogP contribution in [0, 0.1) is 11.8 Å². The zero-order chi connectivity index (χ0) is 22.1. The fourth-order valence-corrected chi connectivity index (χ4v) is 3.04. The molecule has 0 heterocycles. The first kappa shape index (κ1) is 23.3. The quantitative estimate of drug-likeness (QED) is 0.625. The lowest BCUT2D eigenvalue weighted by atomic mass is 10.1. The highest BCUT2D eigenvalue weighted by Crippen LogP contribution is 2.18. The van der Waals surface area contributed by atoms with Crippen LogP contribution in [0.1, 0.15) is 38.1 Å². The van der Waals surface area contributed by atoms with E-state index in [0.717, 1.165) is 13.1 Å². The number of carbonyl (C=O) groups excluding carboxylic acids is 2. The van der Waals surface area contributed by atoms with Crippen LogP contribution >= 0.6 is 0 Å². The zero-order valence-corrected chi connectivity index (χ0v) is 18.5. The van der Waals surface area contributed by atoms with E-state index >= 15 is 0 Å². The summed E-state index contributed by atoms with van der Waals surface area (Å²) in [6.45, 7) is 9.74. The van der Waals surface area contributed by atoms with Gasteiger partial charge in [-0.25, -0.2) is 0 Å². The molecule has 0 aliphatic carbocycles. The van der Waals surface area contributed by atoms with E-state index < -0.39 is 0 Å². The second-order valence-corrected chi connectivity index (χ2v) is 8.09. The fourth-order valence-electron chi connectivity index (χ4n) is 3.04. The number of anilines is 1. The third-order valence-corrected chi connectivity index (χ3v) is 4.28. The highest BCUT2D eigenvalue weighted by atomic mass is 16.5. The van der Waals surface area contributed by atoms with E-state index in [1.165, 1.54) is 0 Å². The van der Waals surface area contributed by atoms with E-state index in [4.69, 9.17) is 9.47 Å². The highest BCUT2D eigenvalue weighted by Gasteiger charge is 2.18. The molecular weight excluding hydrogens is 380 g/mol. The Balaban J connectivity index is 1.92. The summed E-state index contributed by atoms with van der Waals surface area (Å²) in [6.07, 6.45) is 0. The van der Waals surface area contributed by atoms with Crippen LogP contribution in [-0.4, -0.2) is 43.5 Å². The Morgan fingerprint density at radius 1 is 0.933 bits per heavy atom. The van der Waals surface area contributed by atoms with Crippen LogP contribution in [0.5, 0.6) is 11.5 Å². The molecule has 2 amide bonds. The van der Waals surface area contributed by atoms with Crippen LogP contribution in [0.4, 0.5) is 5.69 Å². The second-order valence-electron chi connectivity index (χ2n) is 8.09. The molecule has 1 N–H and O–H groups in total. The number of methoxy groups -OCH3 is 1. The number of benzene rings is 2. The Morgan fingerprint density at radius 3 is 2.13 bits per heavy atom. The Bertz CT molecular complexity index is 821. The van der Waals surface area contributed by atoms with Crippen molar-refractivity contribution < 1.29 is 19.1 Å². The molecule has 2 aromatic rings. The van der Waals surface area contributed by atoms with Crippen molar-refractivity contribution in [1.29, 1.82) is 0 Å². The molecule has 0 fully saturated rings. The van der Waals surface area contributed by atoms with Crippen molar-refractivity contribution in [2.24, 2.45) is 11.8 Å². The molecule has 0 radical (unpaired) electrons. The predicted octanol–water partition coefficient (Wildman–Crippen LogP) is 4.47. The van der Waals surface area contributed by atoms with Gasteiger partial charge in [-0.05, 0) is 48.2 Å². The van der Waals surface area contributed by atoms with E-state index in [2.05, 4.69) is 33.0 Å². The summed E-state index contributed by atoms with van der Waals surface area (Å²) in [4.78, 5) is 26.9. The maximum atomic E-state index is 12.9. The maximum Gasteiger partial charge on any atom is 0.262 e. The predicted molar refractivity (Wildman–Crippen MR) is 119 cm³/mol. The second kappa shape index (κ2) is 11.2. The Labute approximate surface area is 179 Å². The van der Waals surface area contributed by atoms with Gasteiger partial charge in [0.15, 0.2) is 6.61 Å². The van der Waals surface area contributed by atoms with Crippen molar-refractivity contribution in [2.45, 2.75) is 27.7 Å². The van der Waals surface area contributed by atoms with Crippen molar-refractivity contribution in [2.75, 3.05) is 32.1 Å². The minimum Gasteiger partial charge on any atom is -0.497 e. The lowest BCUT2D eigenvalue weighted by Crippen LogP contribution is -2.37. The number of nitrogens with zero attached hydrogens (tertiary/aromatic N) is 1. The topological polar surface area (TPSA) is 67.9 Å². The first-order chi connectivity index (χ1) is 14.3. The van der Waals surface area contributed by atoms with Gasteiger partial charge in [-0.2, -0.15) is 0 Å². The zero-order valence-electron chi connectivity index (χ0n) is 18.5. The van der Waals surface area contributed by atoms with Crippen molar-refractivity contribution in [3.63, 3.8) is 0 Å². The Morgan fingerprint density at radius 2 is 1.57 bits per heavy atom. The molecule has 30 heavy (non-hydrogen) atoms. The van der Waals surface area contributed by atoms with Gasteiger partial charge in [-0.15, -0.1) is 0 Å². The van der Waals surface area contributed by atoms with Gasteiger partial charge >= 0.3 is 0 Å².